The topological polar surface area (TPSA) is 55.1 Å². The Hall–Kier alpha value is -0.580. The lowest BCUT2D eigenvalue weighted by molar-refractivity contribution is -0.124. The Morgan fingerprint density at radius 2 is 2.12 bits per heavy atom. The molecule has 1 aromatic heterocycles. The summed E-state index contributed by atoms with van der Waals surface area (Å²) in [7, 11) is 0. The van der Waals surface area contributed by atoms with Crippen LogP contribution in [0.5, 0.6) is 0 Å². The van der Waals surface area contributed by atoms with E-state index in [1.807, 2.05) is 6.92 Å². The number of carbonyl (C=O) groups excluding carboxylic acids is 1. The fourth-order valence-electron chi connectivity index (χ4n) is 1.16. The Balaban J connectivity index is 0.00000225. The van der Waals surface area contributed by atoms with E-state index in [1.165, 1.54) is 9.75 Å². The molecule has 0 aliphatic heterocycles. The molecule has 3 N–H and O–H groups in total. The second-order valence-corrected chi connectivity index (χ2v) is 4.83. The molecule has 0 aliphatic carbocycles. The number of hydrogen-bond acceptors (Lipinski definition) is 3. The first-order chi connectivity index (χ1) is 7.17. The van der Waals surface area contributed by atoms with E-state index in [0.717, 1.165) is 6.42 Å². The average molecular weight is 263 g/mol. The first-order valence-electron chi connectivity index (χ1n) is 5.22. The van der Waals surface area contributed by atoms with Crippen LogP contribution in [0.25, 0.3) is 0 Å². The maximum Gasteiger partial charge on any atom is 0.224 e. The molecule has 0 spiro atoms. The summed E-state index contributed by atoms with van der Waals surface area (Å²) in [4.78, 5) is 14.0. The van der Waals surface area contributed by atoms with Crippen molar-refractivity contribution in [3.05, 3.63) is 21.9 Å². The number of nitrogens with two attached hydrogens (primary N) is 1. The number of hydrogen-bond donors (Lipinski definition) is 2. The predicted molar refractivity (Wildman–Crippen MR) is 71.0 cm³/mol. The molecule has 5 heteroatoms. The third kappa shape index (κ3) is 4.51. The van der Waals surface area contributed by atoms with Crippen LogP contribution in [0.2, 0.25) is 0 Å². The van der Waals surface area contributed by atoms with Crippen molar-refractivity contribution in [2.45, 2.75) is 26.8 Å². The smallest absolute Gasteiger partial charge is 0.224 e. The van der Waals surface area contributed by atoms with Crippen molar-refractivity contribution in [2.24, 2.45) is 11.7 Å². The van der Waals surface area contributed by atoms with Gasteiger partial charge < -0.3 is 11.1 Å². The number of carbonyl (C=O) groups is 1. The summed E-state index contributed by atoms with van der Waals surface area (Å²) < 4.78 is 0. The molecule has 0 saturated carbocycles. The van der Waals surface area contributed by atoms with Gasteiger partial charge in [-0.3, -0.25) is 4.79 Å². The van der Waals surface area contributed by atoms with Crippen molar-refractivity contribution in [1.82, 2.24) is 5.32 Å². The maximum absolute atomic E-state index is 11.4. The van der Waals surface area contributed by atoms with Gasteiger partial charge in [0.2, 0.25) is 5.91 Å². The molecule has 1 atom stereocenters. The van der Waals surface area contributed by atoms with E-state index < -0.39 is 0 Å². The molecule has 0 aliphatic rings. The van der Waals surface area contributed by atoms with E-state index in [4.69, 9.17) is 5.73 Å². The summed E-state index contributed by atoms with van der Waals surface area (Å²) in [5.74, 6) is -0.0699. The highest BCUT2D eigenvalue weighted by atomic mass is 35.5. The minimum absolute atomic E-state index is 0. The summed E-state index contributed by atoms with van der Waals surface area (Å²) >= 11 is 1.75. The van der Waals surface area contributed by atoms with Crippen LogP contribution in [0.15, 0.2) is 12.1 Å². The lowest BCUT2D eigenvalue weighted by Gasteiger charge is -2.08. The van der Waals surface area contributed by atoms with E-state index in [1.54, 1.807) is 11.3 Å². The predicted octanol–water partition coefficient (Wildman–Crippen LogP) is 1.94. The molecule has 92 valence electrons. The van der Waals surface area contributed by atoms with Gasteiger partial charge in [-0.25, -0.2) is 0 Å². The van der Waals surface area contributed by atoms with Crippen molar-refractivity contribution >= 4 is 29.7 Å². The van der Waals surface area contributed by atoms with Gasteiger partial charge in [0.25, 0.3) is 0 Å². The van der Waals surface area contributed by atoms with Crippen LogP contribution < -0.4 is 11.1 Å². The van der Waals surface area contributed by atoms with Crippen molar-refractivity contribution in [1.29, 1.82) is 0 Å². The highest BCUT2D eigenvalue weighted by Crippen LogP contribution is 2.16. The second-order valence-electron chi connectivity index (χ2n) is 3.58. The van der Waals surface area contributed by atoms with Crippen molar-refractivity contribution < 1.29 is 4.79 Å². The zero-order valence-corrected chi connectivity index (χ0v) is 11.3. The molecule has 0 bridgehead atoms. The van der Waals surface area contributed by atoms with Gasteiger partial charge in [0.05, 0.1) is 6.54 Å². The Labute approximate surface area is 107 Å². The molecule has 0 aromatic carbocycles. The van der Waals surface area contributed by atoms with Gasteiger partial charge in [-0.05, 0) is 18.6 Å². The van der Waals surface area contributed by atoms with Crippen LogP contribution in [0.3, 0.4) is 0 Å². The van der Waals surface area contributed by atoms with E-state index in [-0.39, 0.29) is 24.2 Å². The third-order valence-electron chi connectivity index (χ3n) is 2.30. The molecule has 0 saturated heterocycles. The summed E-state index contributed by atoms with van der Waals surface area (Å²) in [5, 5.41) is 2.88. The highest BCUT2D eigenvalue weighted by Gasteiger charge is 2.10. The van der Waals surface area contributed by atoms with Crippen LogP contribution in [-0.2, 0) is 17.8 Å². The molecule has 1 rings (SSSR count). The highest BCUT2D eigenvalue weighted by molar-refractivity contribution is 7.11. The van der Waals surface area contributed by atoms with Crippen molar-refractivity contribution in [2.75, 3.05) is 6.54 Å². The van der Waals surface area contributed by atoms with Gasteiger partial charge in [0.1, 0.15) is 0 Å². The molecule has 0 fully saturated rings. The summed E-state index contributed by atoms with van der Waals surface area (Å²) in [6, 6.07) is 4.18. The molecule has 0 radical (unpaired) electrons. The summed E-state index contributed by atoms with van der Waals surface area (Å²) in [6.45, 7) is 4.98. The fraction of sp³-hybridized carbons (Fsp3) is 0.545. The van der Waals surface area contributed by atoms with Gasteiger partial charge in [-0.15, -0.1) is 23.7 Å². The van der Waals surface area contributed by atoms with Crippen LogP contribution in [0.1, 0.15) is 23.6 Å². The number of amides is 1. The van der Waals surface area contributed by atoms with E-state index >= 15 is 0 Å². The Morgan fingerprint density at radius 1 is 1.50 bits per heavy atom. The minimum Gasteiger partial charge on any atom is -0.351 e. The zero-order valence-electron chi connectivity index (χ0n) is 9.66. The fourth-order valence-corrected chi connectivity index (χ4v) is 2.06. The molecule has 3 nitrogen and oxygen atoms in total. The van der Waals surface area contributed by atoms with E-state index in [2.05, 4.69) is 24.4 Å². The molecule has 16 heavy (non-hydrogen) atoms. The van der Waals surface area contributed by atoms with Gasteiger partial charge in [-0.2, -0.15) is 0 Å². The lowest BCUT2D eigenvalue weighted by atomic mass is 10.2. The van der Waals surface area contributed by atoms with Gasteiger partial charge in [-0.1, -0.05) is 13.8 Å². The Morgan fingerprint density at radius 3 is 2.62 bits per heavy atom. The molecular formula is C11H19ClN2OS. The third-order valence-corrected chi connectivity index (χ3v) is 3.53. The number of thiophene rings is 1. The molecule has 1 unspecified atom stereocenters. The van der Waals surface area contributed by atoms with Crippen molar-refractivity contribution in [3.8, 4) is 0 Å². The Bertz CT molecular complexity index is 328. The SMILES string of the molecule is CCc1ccc(CNC(=O)C(C)CN)s1.Cl. The monoisotopic (exact) mass is 262 g/mol. The average Bonchev–Trinajstić information content (AvgIpc) is 2.72. The quantitative estimate of drug-likeness (QED) is 0.852. The largest absolute Gasteiger partial charge is 0.351 e. The molecule has 1 aromatic rings. The summed E-state index contributed by atoms with van der Waals surface area (Å²) in [5.41, 5.74) is 5.41. The van der Waals surface area contributed by atoms with Crippen LogP contribution >= 0.6 is 23.7 Å². The number of halogens is 1. The van der Waals surface area contributed by atoms with Gasteiger partial charge in [0, 0.05) is 22.2 Å². The molecule has 1 amide bonds. The Kier molecular flexibility index (Phi) is 7.38. The lowest BCUT2D eigenvalue weighted by Crippen LogP contribution is -2.32. The number of nitrogens with one attached hydrogen (secondary N) is 1. The summed E-state index contributed by atoms with van der Waals surface area (Å²) in [6.07, 6.45) is 1.05. The first kappa shape index (κ1) is 15.4. The van der Waals surface area contributed by atoms with Gasteiger partial charge >= 0.3 is 0 Å². The van der Waals surface area contributed by atoms with E-state index in [9.17, 15) is 4.79 Å². The maximum atomic E-state index is 11.4. The van der Waals surface area contributed by atoms with E-state index in [0.29, 0.717) is 13.1 Å². The van der Waals surface area contributed by atoms with Crippen LogP contribution in [0, 0.1) is 5.92 Å². The molecular weight excluding hydrogens is 244 g/mol. The number of aryl methyl sites for hydroxylation is 1. The normalized spacial score (nSPS) is 11.7. The van der Waals surface area contributed by atoms with Gasteiger partial charge in [0.15, 0.2) is 0 Å². The minimum atomic E-state index is -0.101. The zero-order chi connectivity index (χ0) is 11.3. The number of rotatable bonds is 5. The molecule has 1 heterocycles. The van der Waals surface area contributed by atoms with Crippen LogP contribution in [0.4, 0.5) is 0 Å². The van der Waals surface area contributed by atoms with Crippen molar-refractivity contribution in [3.63, 3.8) is 0 Å². The van der Waals surface area contributed by atoms with Crippen LogP contribution in [-0.4, -0.2) is 12.5 Å². The first-order valence-corrected chi connectivity index (χ1v) is 6.04. The second kappa shape index (κ2) is 7.65. The standard InChI is InChI=1S/C11H18N2OS.ClH/c1-3-9-4-5-10(15-9)7-13-11(14)8(2)6-12;/h4-5,8H,3,6-7,12H2,1-2H3,(H,13,14);1H.